The summed E-state index contributed by atoms with van der Waals surface area (Å²) in [5.41, 5.74) is 9.52. The van der Waals surface area contributed by atoms with Crippen molar-refractivity contribution in [2.24, 2.45) is 5.73 Å². The Hall–Kier alpha value is -2.51. The molecule has 4 rings (SSSR count). The molecule has 0 radical (unpaired) electrons. The number of halogens is 3. The summed E-state index contributed by atoms with van der Waals surface area (Å²) >= 11 is 18.2. The maximum absolute atomic E-state index is 6.23. The molecular weight excluding hydrogens is 467 g/mol. The molecule has 170 valence electrons. The van der Waals surface area contributed by atoms with Gasteiger partial charge in [0.1, 0.15) is 5.15 Å². The van der Waals surface area contributed by atoms with E-state index in [1.54, 1.807) is 12.3 Å². The molecule has 32 heavy (non-hydrogen) atoms. The maximum Gasteiger partial charge on any atom is 0.147 e. The Kier molecular flexibility index (Phi) is 10.1. The number of H-pyrrole nitrogens is 1. The van der Waals surface area contributed by atoms with E-state index in [1.807, 2.05) is 39.1 Å². The lowest BCUT2D eigenvalue weighted by Crippen LogP contribution is -2.10. The highest BCUT2D eigenvalue weighted by Gasteiger charge is 2.12. The number of fused-ring (bicyclic) bond motifs is 3. The topological polar surface area (TPSA) is 103 Å². The van der Waals surface area contributed by atoms with Gasteiger partial charge in [0.15, 0.2) is 0 Å². The van der Waals surface area contributed by atoms with E-state index < -0.39 is 0 Å². The molecule has 0 spiro atoms. The lowest BCUT2D eigenvalue weighted by Gasteiger charge is -2.11. The summed E-state index contributed by atoms with van der Waals surface area (Å²) in [7, 11) is 1.95. The van der Waals surface area contributed by atoms with Crippen molar-refractivity contribution in [2.45, 2.75) is 20.3 Å². The van der Waals surface area contributed by atoms with Crippen molar-refractivity contribution in [1.82, 2.24) is 15.3 Å². The third-order valence-corrected chi connectivity index (χ3v) is 5.40. The zero-order valence-corrected chi connectivity index (χ0v) is 20.5. The van der Waals surface area contributed by atoms with Gasteiger partial charge in [0.2, 0.25) is 0 Å². The number of nitrogens with one attached hydrogen (secondary N) is 4. The van der Waals surface area contributed by atoms with Crippen LogP contribution in [0, 0.1) is 5.41 Å². The number of nitrogens with two attached hydrogens (primary N) is 1. The van der Waals surface area contributed by atoms with Gasteiger partial charge < -0.3 is 21.4 Å². The number of hydrogen-bond donors (Lipinski definition) is 5. The van der Waals surface area contributed by atoms with Crippen molar-refractivity contribution < 1.29 is 0 Å². The zero-order valence-electron chi connectivity index (χ0n) is 18.2. The number of aromatic amines is 1. The van der Waals surface area contributed by atoms with Gasteiger partial charge >= 0.3 is 0 Å². The van der Waals surface area contributed by atoms with Crippen molar-refractivity contribution in [2.75, 3.05) is 18.9 Å². The largest absolute Gasteiger partial charge is 0.390 e. The fraction of sp³-hybridized carbons (Fsp3) is 0.217. The van der Waals surface area contributed by atoms with E-state index in [1.165, 1.54) is 5.56 Å². The zero-order chi connectivity index (χ0) is 23.7. The maximum atomic E-state index is 6.23. The molecule has 6 N–H and O–H groups in total. The molecule has 9 heteroatoms. The van der Waals surface area contributed by atoms with Gasteiger partial charge in [0, 0.05) is 32.5 Å². The van der Waals surface area contributed by atoms with E-state index in [0.29, 0.717) is 15.2 Å². The van der Waals surface area contributed by atoms with Crippen molar-refractivity contribution in [3.05, 3.63) is 63.4 Å². The first kappa shape index (κ1) is 25.7. The Morgan fingerprint density at radius 1 is 1.06 bits per heavy atom. The average Bonchev–Trinajstić information content (AvgIpc) is 3.14. The number of likely N-dealkylation sites (N-methyl/N-ethyl adjacent to an activating group) is 1. The SMILES string of the molecule is CC.CNCCc1cc(Nc2cnc(Cl)c(Cl)c2)cc2c1[nH]c1ccc(Cl)cc12.N=CN. The normalized spacial score (nSPS) is 10.2. The average molecular weight is 494 g/mol. The van der Waals surface area contributed by atoms with Crippen LogP contribution in [0.15, 0.2) is 42.6 Å². The molecule has 0 bridgehead atoms. The third kappa shape index (κ3) is 6.26. The quantitative estimate of drug-likeness (QED) is 0.120. The van der Waals surface area contributed by atoms with Crippen LogP contribution >= 0.6 is 34.8 Å². The Balaban J connectivity index is 0.000000671. The summed E-state index contributed by atoms with van der Waals surface area (Å²) in [5.74, 6) is 0. The summed E-state index contributed by atoms with van der Waals surface area (Å²) < 4.78 is 0. The van der Waals surface area contributed by atoms with Gasteiger partial charge in [-0.05, 0) is 62.0 Å². The number of rotatable bonds is 5. The molecule has 2 heterocycles. The van der Waals surface area contributed by atoms with Gasteiger partial charge in [-0.15, -0.1) is 0 Å². The molecule has 0 aliphatic carbocycles. The lowest BCUT2D eigenvalue weighted by molar-refractivity contribution is 0.794. The predicted molar refractivity (Wildman–Crippen MR) is 140 cm³/mol. The third-order valence-electron chi connectivity index (χ3n) is 4.48. The summed E-state index contributed by atoms with van der Waals surface area (Å²) in [6, 6.07) is 11.9. The highest BCUT2D eigenvalue weighted by atomic mass is 35.5. The van der Waals surface area contributed by atoms with Gasteiger partial charge in [-0.2, -0.15) is 0 Å². The number of anilines is 2. The van der Waals surface area contributed by atoms with E-state index >= 15 is 0 Å². The number of hydrogen-bond acceptors (Lipinski definition) is 4. The molecular formula is C23H27Cl3N6. The summed E-state index contributed by atoms with van der Waals surface area (Å²) in [6.07, 6.45) is 3.31. The monoisotopic (exact) mass is 492 g/mol. The second-order valence-corrected chi connectivity index (χ2v) is 7.72. The smallest absolute Gasteiger partial charge is 0.147 e. The molecule has 0 saturated carbocycles. The first-order valence-electron chi connectivity index (χ1n) is 10.1. The molecule has 2 aromatic carbocycles. The minimum absolute atomic E-state index is 0.290. The summed E-state index contributed by atoms with van der Waals surface area (Å²) in [5, 5.41) is 16.1. The molecule has 4 aromatic rings. The first-order valence-corrected chi connectivity index (χ1v) is 11.3. The van der Waals surface area contributed by atoms with Crippen molar-refractivity contribution in [3.63, 3.8) is 0 Å². The first-order chi connectivity index (χ1) is 15.5. The highest BCUT2D eigenvalue weighted by molar-refractivity contribution is 6.41. The Morgan fingerprint density at radius 3 is 2.44 bits per heavy atom. The Morgan fingerprint density at radius 2 is 1.78 bits per heavy atom. The number of aromatic nitrogens is 2. The van der Waals surface area contributed by atoms with Crippen LogP contribution in [0.2, 0.25) is 15.2 Å². The van der Waals surface area contributed by atoms with Crippen LogP contribution in [0.25, 0.3) is 21.8 Å². The number of benzene rings is 2. The van der Waals surface area contributed by atoms with Crippen LogP contribution in [-0.2, 0) is 6.42 Å². The summed E-state index contributed by atoms with van der Waals surface area (Å²) in [4.78, 5) is 7.62. The molecule has 0 aliphatic rings. The molecule has 0 aliphatic heterocycles. The van der Waals surface area contributed by atoms with Crippen molar-refractivity contribution in [1.29, 1.82) is 5.41 Å². The molecule has 0 amide bonds. The minimum atomic E-state index is 0.290. The van der Waals surface area contributed by atoms with Crippen molar-refractivity contribution >= 4 is 74.3 Å². The van der Waals surface area contributed by atoms with Crippen LogP contribution in [-0.4, -0.2) is 29.9 Å². The van der Waals surface area contributed by atoms with E-state index in [4.69, 9.17) is 40.2 Å². The molecule has 0 unspecified atom stereocenters. The van der Waals surface area contributed by atoms with Gasteiger partial charge in [0.05, 0.1) is 23.2 Å². The second kappa shape index (κ2) is 12.5. The van der Waals surface area contributed by atoms with Gasteiger partial charge in [-0.25, -0.2) is 4.98 Å². The van der Waals surface area contributed by atoms with Crippen molar-refractivity contribution in [3.8, 4) is 0 Å². The minimum Gasteiger partial charge on any atom is -0.390 e. The van der Waals surface area contributed by atoms with Gasteiger partial charge in [-0.1, -0.05) is 48.7 Å². The van der Waals surface area contributed by atoms with E-state index in [9.17, 15) is 0 Å². The molecule has 0 atom stereocenters. The molecule has 0 saturated heterocycles. The Bertz CT molecular complexity index is 1190. The van der Waals surface area contributed by atoms with Crippen LogP contribution in [0.1, 0.15) is 19.4 Å². The molecule has 0 fully saturated rings. The summed E-state index contributed by atoms with van der Waals surface area (Å²) in [6.45, 7) is 4.88. The fourth-order valence-corrected chi connectivity index (χ4v) is 3.67. The highest BCUT2D eigenvalue weighted by Crippen LogP contribution is 2.34. The van der Waals surface area contributed by atoms with E-state index in [0.717, 1.165) is 52.5 Å². The van der Waals surface area contributed by atoms with E-state index in [-0.39, 0.29) is 0 Å². The van der Waals surface area contributed by atoms with Crippen LogP contribution in [0.4, 0.5) is 11.4 Å². The van der Waals surface area contributed by atoms with Crippen LogP contribution < -0.4 is 16.4 Å². The Labute approximate surface area is 203 Å². The fourth-order valence-electron chi connectivity index (χ4n) is 3.23. The number of pyridine rings is 1. The van der Waals surface area contributed by atoms with Crippen LogP contribution in [0.3, 0.4) is 0 Å². The van der Waals surface area contributed by atoms with Crippen LogP contribution in [0.5, 0.6) is 0 Å². The standard InChI is InChI=1S/C20H17Cl3N4.C2H6.CH4N2/c1-24-5-4-11-6-13(26-14-9-17(22)20(23)25-10-14)8-16-15-7-12(21)2-3-18(15)27-19(11)16;1-2;2-1-3/h2-3,6-10,24,26-27H,4-5H2,1H3;1-2H3;1H,(H3,2,3). The molecule has 2 aromatic heterocycles. The van der Waals surface area contributed by atoms with Gasteiger partial charge in [-0.3, -0.25) is 5.41 Å². The number of nitrogens with zero attached hydrogens (tertiary/aromatic N) is 1. The molecule has 6 nitrogen and oxygen atoms in total. The van der Waals surface area contributed by atoms with E-state index in [2.05, 4.69) is 38.5 Å². The second-order valence-electron chi connectivity index (χ2n) is 6.51. The lowest BCUT2D eigenvalue weighted by atomic mass is 10.0. The van der Waals surface area contributed by atoms with Gasteiger partial charge in [0.25, 0.3) is 0 Å². The predicted octanol–water partition coefficient (Wildman–Crippen LogP) is 6.76.